The molecule has 0 aliphatic carbocycles. The lowest BCUT2D eigenvalue weighted by Gasteiger charge is -2.06. The van der Waals surface area contributed by atoms with Gasteiger partial charge in [0.2, 0.25) is 0 Å². The van der Waals surface area contributed by atoms with Crippen molar-refractivity contribution in [2.24, 2.45) is 0 Å². The Hall–Kier alpha value is -1.34. The highest BCUT2D eigenvalue weighted by Gasteiger charge is 2.01. The van der Waals surface area contributed by atoms with Crippen LogP contribution in [0.15, 0.2) is 59.6 Å². The smallest absolute Gasteiger partial charge is 0.0181 e. The van der Waals surface area contributed by atoms with Gasteiger partial charge >= 0.3 is 0 Å². The van der Waals surface area contributed by atoms with E-state index in [1.165, 1.54) is 11.1 Å². The van der Waals surface area contributed by atoms with Gasteiger partial charge < -0.3 is 0 Å². The Bertz CT molecular complexity index is 472. The minimum Gasteiger partial charge on any atom is -0.0984 e. The van der Waals surface area contributed by atoms with Gasteiger partial charge in [-0.15, -0.1) is 0 Å². The second kappa shape index (κ2) is 4.45. The highest BCUT2D eigenvalue weighted by atomic mass is 79.9. The molecule has 0 nitrogen and oxygen atoms in total. The number of hydrogen-bond acceptors (Lipinski definition) is 0. The molecular weight excluding hydrogens is 248 g/mol. The van der Waals surface area contributed by atoms with E-state index in [-0.39, 0.29) is 0 Å². The molecule has 0 atom stereocenters. The van der Waals surface area contributed by atoms with Crippen molar-refractivity contribution >= 4 is 22.0 Å². The Balaban J connectivity index is 2.58. The summed E-state index contributed by atoms with van der Waals surface area (Å²) in [4.78, 5) is 0. The van der Waals surface area contributed by atoms with E-state index < -0.39 is 0 Å². The lowest BCUT2D eigenvalue weighted by Crippen LogP contribution is -1.82. The molecule has 0 bridgehead atoms. The molecule has 0 unspecified atom stereocenters. The number of hydrogen-bond donors (Lipinski definition) is 0. The third-order valence-corrected chi connectivity index (χ3v) is 2.81. The van der Waals surface area contributed by atoms with Gasteiger partial charge in [-0.05, 0) is 28.8 Å². The summed E-state index contributed by atoms with van der Waals surface area (Å²) in [6, 6.07) is 16.6. The van der Waals surface area contributed by atoms with Crippen LogP contribution in [0.25, 0.3) is 17.2 Å². The van der Waals surface area contributed by atoms with Crippen molar-refractivity contribution in [1.29, 1.82) is 0 Å². The predicted octanol–water partition coefficient (Wildman–Crippen LogP) is 4.76. The summed E-state index contributed by atoms with van der Waals surface area (Å²) in [7, 11) is 0. The average Bonchev–Trinajstić information content (AvgIpc) is 2.30. The first kappa shape index (κ1) is 10.2. The van der Waals surface area contributed by atoms with Crippen molar-refractivity contribution in [3.8, 4) is 11.1 Å². The lowest BCUT2D eigenvalue weighted by atomic mass is 10.00. The number of benzene rings is 2. The van der Waals surface area contributed by atoms with E-state index in [1.54, 1.807) is 0 Å². The van der Waals surface area contributed by atoms with Crippen LogP contribution in [0.1, 0.15) is 5.56 Å². The standard InChI is InChI=1S/C14H11Br/c1-2-11-10-13(15)8-9-14(11)12-6-4-3-5-7-12/h2-10H,1H2. The van der Waals surface area contributed by atoms with Crippen LogP contribution in [-0.4, -0.2) is 0 Å². The molecule has 15 heavy (non-hydrogen) atoms. The molecule has 74 valence electrons. The van der Waals surface area contributed by atoms with Crippen molar-refractivity contribution in [3.63, 3.8) is 0 Å². The minimum atomic E-state index is 1.08. The van der Waals surface area contributed by atoms with E-state index in [2.05, 4.69) is 52.8 Å². The van der Waals surface area contributed by atoms with Crippen molar-refractivity contribution < 1.29 is 0 Å². The minimum absolute atomic E-state index is 1.08. The summed E-state index contributed by atoms with van der Waals surface area (Å²) < 4.78 is 1.08. The Morgan fingerprint density at radius 2 is 1.73 bits per heavy atom. The van der Waals surface area contributed by atoms with Crippen molar-refractivity contribution in [2.75, 3.05) is 0 Å². The number of rotatable bonds is 2. The zero-order valence-corrected chi connectivity index (χ0v) is 9.87. The van der Waals surface area contributed by atoms with Crippen LogP contribution in [0.5, 0.6) is 0 Å². The average molecular weight is 259 g/mol. The summed E-state index contributed by atoms with van der Waals surface area (Å²) in [6.45, 7) is 3.84. The molecule has 0 fully saturated rings. The molecule has 1 heteroatoms. The molecular formula is C14H11Br. The van der Waals surface area contributed by atoms with Gasteiger partial charge in [0.25, 0.3) is 0 Å². The van der Waals surface area contributed by atoms with Crippen LogP contribution >= 0.6 is 15.9 Å². The van der Waals surface area contributed by atoms with E-state index in [0.717, 1.165) is 10.0 Å². The fraction of sp³-hybridized carbons (Fsp3) is 0. The summed E-state index contributed by atoms with van der Waals surface area (Å²) >= 11 is 3.46. The third kappa shape index (κ3) is 2.18. The maximum atomic E-state index is 3.84. The Morgan fingerprint density at radius 1 is 1.00 bits per heavy atom. The molecule has 0 saturated heterocycles. The first-order valence-corrected chi connectivity index (χ1v) is 5.58. The van der Waals surface area contributed by atoms with E-state index in [1.807, 2.05) is 24.3 Å². The molecule has 0 spiro atoms. The maximum Gasteiger partial charge on any atom is 0.0181 e. The second-order valence-corrected chi connectivity index (χ2v) is 4.22. The maximum absolute atomic E-state index is 3.84. The topological polar surface area (TPSA) is 0 Å². The summed E-state index contributed by atoms with van der Waals surface area (Å²) in [6.07, 6.45) is 1.88. The number of halogens is 1. The largest absolute Gasteiger partial charge is 0.0984 e. The SMILES string of the molecule is C=Cc1cc(Br)ccc1-c1ccccc1. The van der Waals surface area contributed by atoms with Gasteiger partial charge in [-0.3, -0.25) is 0 Å². The molecule has 0 aliphatic rings. The summed E-state index contributed by atoms with van der Waals surface area (Å²) in [5, 5.41) is 0. The van der Waals surface area contributed by atoms with Gasteiger partial charge in [0.05, 0.1) is 0 Å². The van der Waals surface area contributed by atoms with E-state index >= 15 is 0 Å². The van der Waals surface area contributed by atoms with Gasteiger partial charge in [0.15, 0.2) is 0 Å². The molecule has 0 aliphatic heterocycles. The first-order chi connectivity index (χ1) is 7.31. The predicted molar refractivity (Wildman–Crippen MR) is 69.7 cm³/mol. The molecule has 2 aromatic rings. The van der Waals surface area contributed by atoms with Crippen molar-refractivity contribution in [3.05, 3.63) is 65.1 Å². The normalized spacial score (nSPS) is 9.93. The van der Waals surface area contributed by atoms with Crippen LogP contribution in [-0.2, 0) is 0 Å². The van der Waals surface area contributed by atoms with E-state index in [9.17, 15) is 0 Å². The zero-order valence-electron chi connectivity index (χ0n) is 8.28. The van der Waals surface area contributed by atoms with Gasteiger partial charge in [0, 0.05) is 4.47 Å². The second-order valence-electron chi connectivity index (χ2n) is 3.30. The molecule has 2 rings (SSSR count). The van der Waals surface area contributed by atoms with E-state index in [0.29, 0.717) is 0 Å². The van der Waals surface area contributed by atoms with Crippen LogP contribution in [0.4, 0.5) is 0 Å². The van der Waals surface area contributed by atoms with E-state index in [4.69, 9.17) is 0 Å². The molecule has 0 radical (unpaired) electrons. The quantitative estimate of drug-likeness (QED) is 0.729. The molecule has 0 N–H and O–H groups in total. The Morgan fingerprint density at radius 3 is 2.40 bits per heavy atom. The third-order valence-electron chi connectivity index (χ3n) is 2.32. The van der Waals surface area contributed by atoms with Crippen molar-refractivity contribution in [2.45, 2.75) is 0 Å². The first-order valence-electron chi connectivity index (χ1n) is 4.78. The van der Waals surface area contributed by atoms with Gasteiger partial charge in [-0.1, -0.05) is 65.0 Å². The highest BCUT2D eigenvalue weighted by molar-refractivity contribution is 9.10. The molecule has 0 heterocycles. The van der Waals surface area contributed by atoms with Crippen LogP contribution < -0.4 is 0 Å². The van der Waals surface area contributed by atoms with Gasteiger partial charge in [-0.2, -0.15) is 0 Å². The fourth-order valence-corrected chi connectivity index (χ4v) is 1.96. The monoisotopic (exact) mass is 258 g/mol. The summed E-state index contributed by atoms with van der Waals surface area (Å²) in [5.74, 6) is 0. The Labute approximate surface area is 98.4 Å². The fourth-order valence-electron chi connectivity index (χ4n) is 1.58. The molecule has 0 amide bonds. The molecule has 0 aromatic heterocycles. The van der Waals surface area contributed by atoms with Crippen molar-refractivity contribution in [1.82, 2.24) is 0 Å². The van der Waals surface area contributed by atoms with Crippen LogP contribution in [0.3, 0.4) is 0 Å². The van der Waals surface area contributed by atoms with Gasteiger partial charge in [-0.25, -0.2) is 0 Å². The molecule has 0 saturated carbocycles. The lowest BCUT2D eigenvalue weighted by molar-refractivity contribution is 1.57. The Kier molecular flexibility index (Phi) is 3.02. The highest BCUT2D eigenvalue weighted by Crippen LogP contribution is 2.27. The summed E-state index contributed by atoms with van der Waals surface area (Å²) in [5.41, 5.74) is 3.59. The van der Waals surface area contributed by atoms with Crippen LogP contribution in [0, 0.1) is 0 Å². The van der Waals surface area contributed by atoms with Gasteiger partial charge in [0.1, 0.15) is 0 Å². The van der Waals surface area contributed by atoms with Crippen LogP contribution in [0.2, 0.25) is 0 Å². The zero-order chi connectivity index (χ0) is 10.7. The molecule has 2 aromatic carbocycles.